The molecule has 0 spiro atoms. The molecule has 2 aliphatic rings. The van der Waals surface area contributed by atoms with Gasteiger partial charge in [-0.15, -0.1) is 0 Å². The van der Waals surface area contributed by atoms with Crippen LogP contribution in [0.2, 0.25) is 0 Å². The molecule has 2 aromatic rings. The largest absolute Gasteiger partial charge is 0.284 e. The Morgan fingerprint density at radius 3 is 2.59 bits per heavy atom. The van der Waals surface area contributed by atoms with Gasteiger partial charge in [0.2, 0.25) is 10.0 Å². The molecule has 1 saturated carbocycles. The number of hydrogen-bond donors (Lipinski definition) is 1. The standard InChI is InChI=1S/C22H27N3O3S/c1-15-10-18(17-8-5-9-20(12-17)23-29(3,27)28)11-19-14-25(22(26)21(15)19)24(2)13-16-6-4-7-16/h5,8-12,16,23H,4,6-7,13-14H2,1-3H3. The fourth-order valence-corrected chi connectivity index (χ4v) is 4.77. The minimum Gasteiger partial charge on any atom is -0.284 e. The molecule has 4 rings (SSSR count). The van der Waals surface area contributed by atoms with Gasteiger partial charge in [-0.2, -0.15) is 0 Å². The highest BCUT2D eigenvalue weighted by molar-refractivity contribution is 7.92. The average molecular weight is 414 g/mol. The van der Waals surface area contributed by atoms with Crippen LogP contribution in [-0.4, -0.2) is 44.2 Å². The van der Waals surface area contributed by atoms with E-state index < -0.39 is 10.0 Å². The summed E-state index contributed by atoms with van der Waals surface area (Å²) >= 11 is 0. The average Bonchev–Trinajstić information content (AvgIpc) is 2.94. The number of carbonyl (C=O) groups excluding carboxylic acids is 1. The summed E-state index contributed by atoms with van der Waals surface area (Å²) in [5.41, 5.74) is 5.18. The highest BCUT2D eigenvalue weighted by atomic mass is 32.2. The van der Waals surface area contributed by atoms with E-state index in [1.807, 2.05) is 43.2 Å². The molecule has 1 heterocycles. The van der Waals surface area contributed by atoms with Gasteiger partial charge in [-0.1, -0.05) is 24.6 Å². The molecule has 1 amide bonds. The van der Waals surface area contributed by atoms with E-state index in [-0.39, 0.29) is 5.91 Å². The Morgan fingerprint density at radius 2 is 1.93 bits per heavy atom. The second-order valence-corrected chi connectivity index (χ2v) is 10.0. The van der Waals surface area contributed by atoms with Gasteiger partial charge in [-0.25, -0.2) is 13.4 Å². The second kappa shape index (κ2) is 7.46. The van der Waals surface area contributed by atoms with Crippen LogP contribution in [0.25, 0.3) is 11.1 Å². The maximum absolute atomic E-state index is 13.0. The molecule has 0 atom stereocenters. The first kappa shape index (κ1) is 19.9. The van der Waals surface area contributed by atoms with Gasteiger partial charge in [0, 0.05) is 24.8 Å². The zero-order chi connectivity index (χ0) is 20.8. The smallest absolute Gasteiger partial charge is 0.269 e. The molecule has 2 aromatic carbocycles. The number of carbonyl (C=O) groups is 1. The summed E-state index contributed by atoms with van der Waals surface area (Å²) in [5.74, 6) is 0.761. The van der Waals surface area contributed by atoms with Crippen molar-refractivity contribution in [1.29, 1.82) is 0 Å². The Kier molecular flexibility index (Phi) is 5.12. The number of hydrogen-bond acceptors (Lipinski definition) is 4. The molecule has 1 N–H and O–H groups in total. The molecule has 154 valence electrons. The third-order valence-electron chi connectivity index (χ3n) is 5.84. The van der Waals surface area contributed by atoms with Gasteiger partial charge >= 0.3 is 0 Å². The van der Waals surface area contributed by atoms with Crippen molar-refractivity contribution in [3.8, 4) is 11.1 Å². The third kappa shape index (κ3) is 4.16. The first-order valence-corrected chi connectivity index (χ1v) is 11.8. The van der Waals surface area contributed by atoms with Crippen LogP contribution in [0.3, 0.4) is 0 Å². The predicted molar refractivity (Wildman–Crippen MR) is 115 cm³/mol. The van der Waals surface area contributed by atoms with E-state index in [2.05, 4.69) is 15.8 Å². The number of rotatable bonds is 6. The van der Waals surface area contributed by atoms with Crippen LogP contribution >= 0.6 is 0 Å². The van der Waals surface area contributed by atoms with Crippen molar-refractivity contribution < 1.29 is 13.2 Å². The number of nitrogens with one attached hydrogen (secondary N) is 1. The van der Waals surface area contributed by atoms with Crippen LogP contribution in [0, 0.1) is 12.8 Å². The topological polar surface area (TPSA) is 69.7 Å². The molecule has 1 aliphatic heterocycles. The van der Waals surface area contributed by atoms with Crippen molar-refractivity contribution in [2.75, 3.05) is 24.6 Å². The van der Waals surface area contributed by atoms with Crippen LogP contribution in [0.5, 0.6) is 0 Å². The molecular weight excluding hydrogens is 386 g/mol. The molecule has 1 fully saturated rings. The Labute approximate surface area is 172 Å². The maximum Gasteiger partial charge on any atom is 0.269 e. The lowest BCUT2D eigenvalue weighted by molar-refractivity contribution is -0.00793. The lowest BCUT2D eigenvalue weighted by Crippen LogP contribution is -2.43. The normalized spacial score (nSPS) is 16.8. The molecular formula is C22H27N3O3S. The zero-order valence-corrected chi connectivity index (χ0v) is 17.9. The summed E-state index contributed by atoms with van der Waals surface area (Å²) in [4.78, 5) is 13.0. The molecule has 0 radical (unpaired) electrons. The van der Waals surface area contributed by atoms with E-state index in [1.54, 1.807) is 6.07 Å². The molecule has 7 heteroatoms. The van der Waals surface area contributed by atoms with Gasteiger partial charge in [0.25, 0.3) is 5.91 Å². The van der Waals surface area contributed by atoms with Crippen molar-refractivity contribution in [3.63, 3.8) is 0 Å². The van der Waals surface area contributed by atoms with Gasteiger partial charge in [0.1, 0.15) is 0 Å². The Hall–Kier alpha value is -2.38. The summed E-state index contributed by atoms with van der Waals surface area (Å²) in [6.45, 7) is 3.46. The molecule has 29 heavy (non-hydrogen) atoms. The highest BCUT2D eigenvalue weighted by Crippen LogP contribution is 2.34. The van der Waals surface area contributed by atoms with Crippen LogP contribution < -0.4 is 4.72 Å². The number of hydrazine groups is 1. The number of sulfonamides is 1. The first-order valence-electron chi connectivity index (χ1n) is 9.96. The minimum absolute atomic E-state index is 0.0679. The summed E-state index contributed by atoms with van der Waals surface area (Å²) in [6, 6.07) is 11.4. The lowest BCUT2D eigenvalue weighted by Gasteiger charge is -2.34. The summed E-state index contributed by atoms with van der Waals surface area (Å²) in [5, 5.41) is 3.92. The fourth-order valence-electron chi connectivity index (χ4n) is 4.22. The maximum atomic E-state index is 13.0. The van der Waals surface area contributed by atoms with E-state index in [0.717, 1.165) is 40.6 Å². The van der Waals surface area contributed by atoms with Crippen LogP contribution in [0.1, 0.15) is 40.7 Å². The monoisotopic (exact) mass is 413 g/mol. The molecule has 0 bridgehead atoms. The van der Waals surface area contributed by atoms with Gasteiger partial charge in [-0.05, 0) is 66.1 Å². The van der Waals surface area contributed by atoms with Crippen LogP contribution in [-0.2, 0) is 16.6 Å². The van der Waals surface area contributed by atoms with Gasteiger partial charge in [-0.3, -0.25) is 14.5 Å². The Balaban J connectivity index is 1.61. The molecule has 1 aliphatic carbocycles. The highest BCUT2D eigenvalue weighted by Gasteiger charge is 2.33. The van der Waals surface area contributed by atoms with Crippen LogP contribution in [0.4, 0.5) is 5.69 Å². The van der Waals surface area contributed by atoms with Crippen molar-refractivity contribution in [1.82, 2.24) is 10.0 Å². The van der Waals surface area contributed by atoms with Crippen molar-refractivity contribution in [2.24, 2.45) is 5.92 Å². The summed E-state index contributed by atoms with van der Waals surface area (Å²) < 4.78 is 25.6. The quantitative estimate of drug-likeness (QED) is 0.785. The van der Waals surface area contributed by atoms with E-state index in [4.69, 9.17) is 0 Å². The SMILES string of the molecule is Cc1cc(-c2cccc(NS(C)(=O)=O)c2)cc2c1C(=O)N(N(C)CC1CCC1)C2. The number of amides is 1. The van der Waals surface area contributed by atoms with E-state index >= 15 is 0 Å². The lowest BCUT2D eigenvalue weighted by atomic mass is 9.85. The summed E-state index contributed by atoms with van der Waals surface area (Å²) in [6.07, 6.45) is 4.93. The summed E-state index contributed by atoms with van der Waals surface area (Å²) in [7, 11) is -1.33. The van der Waals surface area contributed by atoms with E-state index in [1.165, 1.54) is 19.3 Å². The Bertz CT molecular complexity index is 1060. The minimum atomic E-state index is -3.33. The molecule has 6 nitrogen and oxygen atoms in total. The zero-order valence-electron chi connectivity index (χ0n) is 17.1. The molecule has 0 saturated heterocycles. The van der Waals surface area contributed by atoms with Gasteiger partial charge in [0.05, 0.1) is 12.8 Å². The predicted octanol–water partition coefficient (Wildman–Crippen LogP) is 3.64. The number of aryl methyl sites for hydroxylation is 1. The number of nitrogens with zero attached hydrogens (tertiary/aromatic N) is 2. The number of anilines is 1. The Morgan fingerprint density at radius 1 is 1.17 bits per heavy atom. The fraction of sp³-hybridized carbons (Fsp3) is 0.409. The van der Waals surface area contributed by atoms with Gasteiger partial charge in [0.15, 0.2) is 0 Å². The first-order chi connectivity index (χ1) is 13.7. The van der Waals surface area contributed by atoms with Crippen molar-refractivity contribution >= 4 is 21.6 Å². The number of benzene rings is 2. The van der Waals surface area contributed by atoms with Gasteiger partial charge < -0.3 is 0 Å². The van der Waals surface area contributed by atoms with Crippen molar-refractivity contribution in [3.05, 3.63) is 53.1 Å². The molecule has 0 unspecified atom stereocenters. The van der Waals surface area contributed by atoms with Crippen molar-refractivity contribution in [2.45, 2.75) is 32.7 Å². The van der Waals surface area contributed by atoms with E-state index in [0.29, 0.717) is 18.2 Å². The third-order valence-corrected chi connectivity index (χ3v) is 6.45. The second-order valence-electron chi connectivity index (χ2n) is 8.28. The number of fused-ring (bicyclic) bond motifs is 1. The van der Waals surface area contributed by atoms with E-state index in [9.17, 15) is 13.2 Å². The van der Waals surface area contributed by atoms with Crippen LogP contribution in [0.15, 0.2) is 36.4 Å². The molecule has 0 aromatic heterocycles.